The van der Waals surface area contributed by atoms with E-state index in [1.807, 2.05) is 24.3 Å². The van der Waals surface area contributed by atoms with Gasteiger partial charge in [-0.3, -0.25) is 14.5 Å². The second-order valence-electron chi connectivity index (χ2n) is 5.27. The van der Waals surface area contributed by atoms with Crippen LogP contribution in [-0.4, -0.2) is 20.7 Å². The maximum Gasteiger partial charge on any atom is 0.435 e. The number of carbonyl (C=O) groups is 1. The lowest BCUT2D eigenvalue weighted by atomic mass is 10.1. The summed E-state index contributed by atoms with van der Waals surface area (Å²) in [6, 6.07) is 9.83. The third kappa shape index (κ3) is 3.37. The molecule has 0 aliphatic heterocycles. The first-order chi connectivity index (χ1) is 11.3. The molecule has 2 aromatic heterocycles. The number of hydrogen-bond acceptors (Lipinski definition) is 3. The molecule has 0 spiro atoms. The molecule has 0 saturated carbocycles. The van der Waals surface area contributed by atoms with Crippen molar-refractivity contribution < 1.29 is 18.0 Å². The first kappa shape index (κ1) is 16.0. The summed E-state index contributed by atoms with van der Waals surface area (Å²) in [6.07, 6.45) is -3.40. The second kappa shape index (κ2) is 5.95. The van der Waals surface area contributed by atoms with Gasteiger partial charge in [-0.05, 0) is 25.1 Å². The predicted octanol–water partition coefficient (Wildman–Crippen LogP) is 3.40. The molecule has 3 rings (SSSR count). The van der Waals surface area contributed by atoms with Crippen molar-refractivity contribution in [3.8, 4) is 0 Å². The number of anilines is 1. The average molecular weight is 334 g/mol. The fraction of sp³-hybridized carbons (Fsp3) is 0.188. The van der Waals surface area contributed by atoms with E-state index < -0.39 is 17.8 Å². The van der Waals surface area contributed by atoms with Crippen LogP contribution in [0.5, 0.6) is 0 Å². The predicted molar refractivity (Wildman–Crippen MR) is 82.3 cm³/mol. The number of alkyl halides is 3. The van der Waals surface area contributed by atoms with Crippen LogP contribution in [0.2, 0.25) is 0 Å². The summed E-state index contributed by atoms with van der Waals surface area (Å²) in [5.41, 5.74) is 0.987. The van der Waals surface area contributed by atoms with Crippen LogP contribution >= 0.6 is 0 Å². The van der Waals surface area contributed by atoms with Crippen molar-refractivity contribution >= 4 is 22.5 Å². The van der Waals surface area contributed by atoms with Crippen LogP contribution in [0.15, 0.2) is 42.6 Å². The number of amides is 1. The van der Waals surface area contributed by atoms with Crippen molar-refractivity contribution in [2.75, 3.05) is 5.32 Å². The van der Waals surface area contributed by atoms with Gasteiger partial charge in [0.1, 0.15) is 6.54 Å². The van der Waals surface area contributed by atoms with Crippen LogP contribution < -0.4 is 5.32 Å². The van der Waals surface area contributed by atoms with E-state index in [-0.39, 0.29) is 6.54 Å². The van der Waals surface area contributed by atoms with Gasteiger partial charge in [0.25, 0.3) is 0 Å². The Kier molecular flexibility index (Phi) is 3.96. The van der Waals surface area contributed by atoms with Crippen molar-refractivity contribution in [1.29, 1.82) is 0 Å². The second-order valence-corrected chi connectivity index (χ2v) is 5.27. The minimum atomic E-state index is -4.53. The minimum Gasteiger partial charge on any atom is -0.324 e. The van der Waals surface area contributed by atoms with Gasteiger partial charge in [0, 0.05) is 17.3 Å². The van der Waals surface area contributed by atoms with Crippen LogP contribution in [-0.2, 0) is 17.5 Å². The Balaban J connectivity index is 1.79. The summed E-state index contributed by atoms with van der Waals surface area (Å²) in [7, 11) is 0. The molecule has 0 saturated heterocycles. The largest absolute Gasteiger partial charge is 0.435 e. The number of aryl methyl sites for hydroxylation is 1. The van der Waals surface area contributed by atoms with Gasteiger partial charge >= 0.3 is 6.18 Å². The lowest BCUT2D eigenvalue weighted by Crippen LogP contribution is -2.20. The zero-order valence-corrected chi connectivity index (χ0v) is 12.6. The van der Waals surface area contributed by atoms with Crippen LogP contribution in [0.3, 0.4) is 0 Å². The Morgan fingerprint density at radius 2 is 2.00 bits per heavy atom. The lowest BCUT2D eigenvalue weighted by molar-refractivity contribution is -0.141. The van der Waals surface area contributed by atoms with E-state index in [0.717, 1.165) is 33.5 Å². The molecule has 1 N–H and O–H groups in total. The number of carbonyl (C=O) groups excluding carboxylic acids is 1. The first-order valence-electron chi connectivity index (χ1n) is 7.10. The van der Waals surface area contributed by atoms with Gasteiger partial charge in [-0.25, -0.2) is 0 Å². The van der Waals surface area contributed by atoms with E-state index in [2.05, 4.69) is 15.4 Å². The van der Waals surface area contributed by atoms with E-state index >= 15 is 0 Å². The molecule has 0 aliphatic carbocycles. The molecule has 0 fully saturated rings. The van der Waals surface area contributed by atoms with Crippen molar-refractivity contribution in [2.45, 2.75) is 19.6 Å². The maximum atomic E-state index is 12.5. The van der Waals surface area contributed by atoms with Gasteiger partial charge < -0.3 is 5.32 Å². The van der Waals surface area contributed by atoms with Gasteiger partial charge in [0.05, 0.1) is 11.2 Å². The number of benzene rings is 1. The summed E-state index contributed by atoms with van der Waals surface area (Å²) in [5, 5.41) is 6.82. The molecule has 1 amide bonds. The number of rotatable bonds is 3. The van der Waals surface area contributed by atoms with Gasteiger partial charge in [0.15, 0.2) is 5.69 Å². The Bertz CT molecular complexity index is 902. The number of nitrogens with one attached hydrogen (secondary N) is 1. The third-order valence-electron chi connectivity index (χ3n) is 3.36. The molecule has 2 heterocycles. The highest BCUT2D eigenvalue weighted by Gasteiger charge is 2.33. The highest BCUT2D eigenvalue weighted by molar-refractivity contribution is 6.00. The topological polar surface area (TPSA) is 59.8 Å². The molecular weight excluding hydrogens is 321 g/mol. The Hall–Kier alpha value is -2.90. The van der Waals surface area contributed by atoms with Crippen molar-refractivity contribution in [3.05, 3.63) is 54.0 Å². The van der Waals surface area contributed by atoms with Gasteiger partial charge in [-0.15, -0.1) is 0 Å². The summed E-state index contributed by atoms with van der Waals surface area (Å²) >= 11 is 0. The van der Waals surface area contributed by atoms with Gasteiger partial charge in [-0.1, -0.05) is 18.2 Å². The highest BCUT2D eigenvalue weighted by atomic mass is 19.4. The molecule has 1 aromatic carbocycles. The van der Waals surface area contributed by atoms with Crippen LogP contribution in [0.25, 0.3) is 10.9 Å². The summed E-state index contributed by atoms with van der Waals surface area (Å²) in [6.45, 7) is 1.48. The molecule has 0 atom stereocenters. The molecule has 0 unspecified atom stereocenters. The van der Waals surface area contributed by atoms with Crippen LogP contribution in [0.4, 0.5) is 18.9 Å². The SMILES string of the molecule is Cc1cc(NC(=O)Cn2ccc(C(F)(F)F)n2)c2ccccc2n1. The van der Waals surface area contributed by atoms with E-state index in [9.17, 15) is 18.0 Å². The van der Waals surface area contributed by atoms with E-state index in [1.54, 1.807) is 13.0 Å². The quantitative estimate of drug-likeness (QED) is 0.799. The highest BCUT2D eigenvalue weighted by Crippen LogP contribution is 2.27. The number of pyridine rings is 1. The van der Waals surface area contributed by atoms with Crippen LogP contribution in [0, 0.1) is 6.92 Å². The monoisotopic (exact) mass is 334 g/mol. The minimum absolute atomic E-state index is 0.314. The standard InChI is InChI=1S/C16H13F3N4O/c1-10-8-13(11-4-2-3-5-12(11)20-10)21-15(24)9-23-7-6-14(22-23)16(17,18)19/h2-8H,9H2,1H3,(H,20,21,24). The molecule has 0 aliphatic rings. The van der Waals surface area contributed by atoms with E-state index in [1.165, 1.54) is 0 Å². The lowest BCUT2D eigenvalue weighted by Gasteiger charge is -2.10. The fourth-order valence-electron chi connectivity index (χ4n) is 2.35. The van der Waals surface area contributed by atoms with Crippen LogP contribution in [0.1, 0.15) is 11.4 Å². The normalized spacial score (nSPS) is 11.7. The Morgan fingerprint density at radius 3 is 2.71 bits per heavy atom. The molecule has 5 nitrogen and oxygen atoms in total. The third-order valence-corrected chi connectivity index (χ3v) is 3.36. The van der Waals surface area contributed by atoms with E-state index in [4.69, 9.17) is 0 Å². The van der Waals surface area contributed by atoms with Gasteiger partial charge in [0.2, 0.25) is 5.91 Å². The number of halogens is 3. The molecule has 0 bridgehead atoms. The summed E-state index contributed by atoms with van der Waals surface area (Å²) < 4.78 is 38.5. The van der Waals surface area contributed by atoms with Crippen molar-refractivity contribution in [2.24, 2.45) is 0 Å². The summed E-state index contributed by atoms with van der Waals surface area (Å²) in [4.78, 5) is 16.5. The fourth-order valence-corrected chi connectivity index (χ4v) is 2.35. The Labute approximate surface area is 135 Å². The molecule has 0 radical (unpaired) electrons. The molecular formula is C16H13F3N4O. The van der Waals surface area contributed by atoms with Gasteiger partial charge in [-0.2, -0.15) is 18.3 Å². The number of aromatic nitrogens is 3. The number of fused-ring (bicyclic) bond motifs is 1. The average Bonchev–Trinajstić information content (AvgIpc) is 2.95. The molecule has 8 heteroatoms. The first-order valence-corrected chi connectivity index (χ1v) is 7.10. The number of hydrogen-bond donors (Lipinski definition) is 1. The Morgan fingerprint density at radius 1 is 1.25 bits per heavy atom. The zero-order valence-electron chi connectivity index (χ0n) is 12.6. The number of para-hydroxylation sites is 1. The summed E-state index contributed by atoms with van der Waals surface area (Å²) in [5.74, 6) is -0.470. The van der Waals surface area contributed by atoms with Crippen molar-refractivity contribution in [3.63, 3.8) is 0 Å². The molecule has 3 aromatic rings. The zero-order chi connectivity index (χ0) is 17.3. The number of nitrogens with zero attached hydrogens (tertiary/aromatic N) is 3. The molecule has 24 heavy (non-hydrogen) atoms. The maximum absolute atomic E-state index is 12.5. The smallest absolute Gasteiger partial charge is 0.324 e. The molecule has 124 valence electrons. The van der Waals surface area contributed by atoms with Crippen molar-refractivity contribution in [1.82, 2.24) is 14.8 Å². The van der Waals surface area contributed by atoms with E-state index in [0.29, 0.717) is 5.69 Å².